The second kappa shape index (κ2) is 5.83. The Morgan fingerprint density at radius 1 is 1.47 bits per heavy atom. The Morgan fingerprint density at radius 2 is 2.20 bits per heavy atom. The summed E-state index contributed by atoms with van der Waals surface area (Å²) < 4.78 is 0. The van der Waals surface area contributed by atoms with Gasteiger partial charge in [-0.05, 0) is 31.4 Å². The molecule has 0 aliphatic heterocycles. The molecular formula is C12H21N3. The van der Waals surface area contributed by atoms with Crippen LogP contribution in [0.4, 0.5) is 0 Å². The predicted octanol–water partition coefficient (Wildman–Crippen LogP) is 2.33. The highest BCUT2D eigenvalue weighted by atomic mass is 15.2. The summed E-state index contributed by atoms with van der Waals surface area (Å²) in [4.78, 5) is 4.49. The van der Waals surface area contributed by atoms with Crippen molar-refractivity contribution in [1.82, 2.24) is 10.4 Å². The Labute approximate surface area is 92.1 Å². The van der Waals surface area contributed by atoms with Crippen LogP contribution in [0.15, 0.2) is 18.2 Å². The number of rotatable bonds is 5. The van der Waals surface area contributed by atoms with E-state index in [9.17, 15) is 0 Å². The van der Waals surface area contributed by atoms with Crippen molar-refractivity contribution in [3.8, 4) is 0 Å². The van der Waals surface area contributed by atoms with Gasteiger partial charge in [0.15, 0.2) is 0 Å². The molecule has 3 N–H and O–H groups in total. The van der Waals surface area contributed by atoms with Crippen molar-refractivity contribution in [2.75, 3.05) is 0 Å². The van der Waals surface area contributed by atoms with Gasteiger partial charge in [0.2, 0.25) is 0 Å². The number of aromatic nitrogens is 1. The first kappa shape index (κ1) is 12.1. The molecule has 1 aromatic heterocycles. The monoisotopic (exact) mass is 207 g/mol. The average molecular weight is 207 g/mol. The van der Waals surface area contributed by atoms with Gasteiger partial charge in [-0.1, -0.05) is 26.3 Å². The number of hydrogen-bond donors (Lipinski definition) is 2. The zero-order chi connectivity index (χ0) is 11.3. The molecule has 2 atom stereocenters. The summed E-state index contributed by atoms with van der Waals surface area (Å²) in [6.07, 6.45) is 2.20. The minimum Gasteiger partial charge on any atom is -0.271 e. The van der Waals surface area contributed by atoms with Gasteiger partial charge in [0, 0.05) is 5.69 Å². The van der Waals surface area contributed by atoms with E-state index in [0.717, 1.165) is 17.8 Å². The minimum absolute atomic E-state index is 0.167. The molecule has 1 heterocycles. The van der Waals surface area contributed by atoms with Gasteiger partial charge < -0.3 is 0 Å². The van der Waals surface area contributed by atoms with Gasteiger partial charge in [0.05, 0.1) is 11.7 Å². The van der Waals surface area contributed by atoms with Crippen LogP contribution in [-0.4, -0.2) is 4.98 Å². The first-order chi connectivity index (χ1) is 7.17. The topological polar surface area (TPSA) is 50.9 Å². The molecule has 3 heteroatoms. The molecule has 0 saturated heterocycles. The maximum Gasteiger partial charge on any atom is 0.0634 e. The fourth-order valence-electron chi connectivity index (χ4n) is 1.60. The Bertz CT molecular complexity index is 299. The first-order valence-corrected chi connectivity index (χ1v) is 5.57. The third-order valence-corrected chi connectivity index (χ3v) is 2.80. The lowest BCUT2D eigenvalue weighted by Gasteiger charge is -2.19. The Kier molecular flexibility index (Phi) is 4.72. The molecule has 1 rings (SSSR count). The molecule has 0 saturated carbocycles. The van der Waals surface area contributed by atoms with E-state index < -0.39 is 0 Å². The summed E-state index contributed by atoms with van der Waals surface area (Å²) in [5, 5.41) is 0. The van der Waals surface area contributed by atoms with Crippen molar-refractivity contribution in [2.45, 2.75) is 39.7 Å². The van der Waals surface area contributed by atoms with Crippen LogP contribution in [0, 0.1) is 12.8 Å². The Hall–Kier alpha value is -0.930. The molecule has 84 valence electrons. The van der Waals surface area contributed by atoms with Crippen LogP contribution in [-0.2, 0) is 0 Å². The van der Waals surface area contributed by atoms with Gasteiger partial charge >= 0.3 is 0 Å². The Morgan fingerprint density at radius 3 is 2.73 bits per heavy atom. The molecule has 0 amide bonds. The highest BCUT2D eigenvalue weighted by Gasteiger charge is 2.13. The minimum atomic E-state index is 0.167. The summed E-state index contributed by atoms with van der Waals surface area (Å²) in [5.41, 5.74) is 4.93. The summed E-state index contributed by atoms with van der Waals surface area (Å²) >= 11 is 0. The van der Waals surface area contributed by atoms with Crippen molar-refractivity contribution in [2.24, 2.45) is 11.8 Å². The van der Waals surface area contributed by atoms with E-state index in [2.05, 4.69) is 24.3 Å². The fourth-order valence-corrected chi connectivity index (χ4v) is 1.60. The van der Waals surface area contributed by atoms with Crippen LogP contribution in [0.2, 0.25) is 0 Å². The summed E-state index contributed by atoms with van der Waals surface area (Å²) in [6, 6.07) is 6.22. The SMILES string of the molecule is CCC(C)CC(NN)c1cccc(C)n1. The van der Waals surface area contributed by atoms with E-state index in [4.69, 9.17) is 5.84 Å². The van der Waals surface area contributed by atoms with E-state index in [1.807, 2.05) is 25.1 Å². The molecule has 1 aromatic rings. The van der Waals surface area contributed by atoms with Gasteiger partial charge in [-0.2, -0.15) is 0 Å². The molecule has 15 heavy (non-hydrogen) atoms. The van der Waals surface area contributed by atoms with Gasteiger partial charge in [-0.15, -0.1) is 0 Å². The lowest BCUT2D eigenvalue weighted by atomic mass is 9.97. The van der Waals surface area contributed by atoms with E-state index in [-0.39, 0.29) is 6.04 Å². The van der Waals surface area contributed by atoms with Crippen molar-refractivity contribution < 1.29 is 0 Å². The molecule has 0 aliphatic rings. The second-order valence-corrected chi connectivity index (χ2v) is 4.17. The quantitative estimate of drug-likeness (QED) is 0.575. The fraction of sp³-hybridized carbons (Fsp3) is 0.583. The summed E-state index contributed by atoms with van der Waals surface area (Å²) in [6.45, 7) is 6.43. The largest absolute Gasteiger partial charge is 0.271 e. The number of hydrogen-bond acceptors (Lipinski definition) is 3. The number of nitrogens with two attached hydrogens (primary N) is 1. The van der Waals surface area contributed by atoms with Crippen molar-refractivity contribution in [1.29, 1.82) is 0 Å². The summed E-state index contributed by atoms with van der Waals surface area (Å²) in [5.74, 6) is 6.23. The molecule has 0 fully saturated rings. The number of nitrogens with zero attached hydrogens (tertiary/aromatic N) is 1. The van der Waals surface area contributed by atoms with E-state index >= 15 is 0 Å². The number of nitrogens with one attached hydrogen (secondary N) is 1. The zero-order valence-electron chi connectivity index (χ0n) is 9.83. The van der Waals surface area contributed by atoms with Crippen molar-refractivity contribution >= 4 is 0 Å². The maximum atomic E-state index is 5.57. The first-order valence-electron chi connectivity index (χ1n) is 5.57. The van der Waals surface area contributed by atoms with E-state index in [1.165, 1.54) is 6.42 Å². The lowest BCUT2D eigenvalue weighted by Crippen LogP contribution is -2.30. The van der Waals surface area contributed by atoms with Crippen LogP contribution in [0.25, 0.3) is 0 Å². The van der Waals surface area contributed by atoms with E-state index in [1.54, 1.807) is 0 Å². The molecule has 2 unspecified atom stereocenters. The predicted molar refractivity (Wildman–Crippen MR) is 63.1 cm³/mol. The van der Waals surface area contributed by atoms with Gasteiger partial charge in [-0.3, -0.25) is 16.3 Å². The van der Waals surface area contributed by atoms with Gasteiger partial charge in [0.1, 0.15) is 0 Å². The highest BCUT2D eigenvalue weighted by molar-refractivity contribution is 5.13. The van der Waals surface area contributed by atoms with Gasteiger partial charge in [0.25, 0.3) is 0 Å². The Balaban J connectivity index is 2.73. The normalized spacial score (nSPS) is 14.9. The molecule has 0 bridgehead atoms. The number of aryl methyl sites for hydroxylation is 1. The van der Waals surface area contributed by atoms with Crippen LogP contribution >= 0.6 is 0 Å². The van der Waals surface area contributed by atoms with Crippen molar-refractivity contribution in [3.05, 3.63) is 29.6 Å². The molecule has 0 aliphatic carbocycles. The third-order valence-electron chi connectivity index (χ3n) is 2.80. The standard InChI is InChI=1S/C12H21N3/c1-4-9(2)8-12(15-13)11-7-5-6-10(3)14-11/h5-7,9,12,15H,4,8,13H2,1-3H3. The average Bonchev–Trinajstić information content (AvgIpc) is 2.25. The lowest BCUT2D eigenvalue weighted by molar-refractivity contribution is 0.401. The molecule has 0 radical (unpaired) electrons. The van der Waals surface area contributed by atoms with Crippen molar-refractivity contribution in [3.63, 3.8) is 0 Å². The number of pyridine rings is 1. The zero-order valence-corrected chi connectivity index (χ0v) is 9.83. The van der Waals surface area contributed by atoms with Gasteiger partial charge in [-0.25, -0.2) is 0 Å². The molecule has 3 nitrogen and oxygen atoms in total. The smallest absolute Gasteiger partial charge is 0.0634 e. The van der Waals surface area contributed by atoms with Crippen LogP contribution in [0.5, 0.6) is 0 Å². The van der Waals surface area contributed by atoms with Crippen LogP contribution < -0.4 is 11.3 Å². The highest BCUT2D eigenvalue weighted by Crippen LogP contribution is 2.20. The molecule has 0 aromatic carbocycles. The third kappa shape index (κ3) is 3.61. The second-order valence-electron chi connectivity index (χ2n) is 4.17. The van der Waals surface area contributed by atoms with E-state index in [0.29, 0.717) is 5.92 Å². The van der Waals surface area contributed by atoms with Crippen LogP contribution in [0.1, 0.15) is 44.1 Å². The van der Waals surface area contributed by atoms with Crippen LogP contribution in [0.3, 0.4) is 0 Å². The number of hydrazine groups is 1. The molecular weight excluding hydrogens is 186 g/mol. The summed E-state index contributed by atoms with van der Waals surface area (Å²) in [7, 11) is 0. The molecule has 0 spiro atoms. The maximum absolute atomic E-state index is 5.57.